The monoisotopic (exact) mass is 225 g/mol. The molecule has 0 aliphatic heterocycles. The molecular weight excluding hydrogens is 206 g/mol. The van der Waals surface area contributed by atoms with Gasteiger partial charge in [-0.1, -0.05) is 20.3 Å². The van der Waals surface area contributed by atoms with Crippen LogP contribution >= 0.6 is 11.8 Å². The summed E-state index contributed by atoms with van der Waals surface area (Å²) in [6.45, 7) is 7.33. The van der Waals surface area contributed by atoms with Crippen LogP contribution in [0.25, 0.3) is 0 Å². The quantitative estimate of drug-likeness (QED) is 0.596. The summed E-state index contributed by atoms with van der Waals surface area (Å²) in [6, 6.07) is 0. The predicted octanol–water partition coefficient (Wildman–Crippen LogP) is 2.97. The van der Waals surface area contributed by atoms with E-state index in [0.717, 1.165) is 36.0 Å². The molecule has 1 aromatic rings. The second kappa shape index (κ2) is 6.67. The molecule has 1 heterocycles. The van der Waals surface area contributed by atoms with E-state index in [2.05, 4.69) is 36.1 Å². The maximum atomic E-state index is 4.34. The number of nitrogens with one attached hydrogen (secondary N) is 1. The van der Waals surface area contributed by atoms with Gasteiger partial charge in [0.05, 0.1) is 0 Å². The first-order valence-corrected chi connectivity index (χ1v) is 6.52. The molecule has 0 bridgehead atoms. The number of aromatic nitrogens is 2. The molecule has 0 saturated heterocycles. The van der Waals surface area contributed by atoms with E-state index in [0.29, 0.717) is 0 Å². The summed E-state index contributed by atoms with van der Waals surface area (Å²) in [4.78, 5) is 8.64. The Balaban J connectivity index is 2.97. The molecule has 0 aliphatic rings. The van der Waals surface area contributed by atoms with Crippen LogP contribution in [0, 0.1) is 0 Å². The highest BCUT2D eigenvalue weighted by atomic mass is 32.2. The third-order valence-corrected chi connectivity index (χ3v) is 2.95. The van der Waals surface area contributed by atoms with Crippen molar-refractivity contribution in [2.75, 3.05) is 17.6 Å². The molecule has 0 unspecified atom stereocenters. The molecule has 1 aromatic heterocycles. The molecule has 0 aliphatic carbocycles. The summed E-state index contributed by atoms with van der Waals surface area (Å²) in [5.74, 6) is 2.06. The van der Waals surface area contributed by atoms with Crippen LogP contribution < -0.4 is 5.32 Å². The maximum Gasteiger partial charge on any atom is 0.133 e. The molecule has 0 aromatic carbocycles. The van der Waals surface area contributed by atoms with Gasteiger partial charge in [-0.05, 0) is 19.1 Å². The van der Waals surface area contributed by atoms with Gasteiger partial charge in [-0.15, -0.1) is 11.8 Å². The van der Waals surface area contributed by atoms with E-state index in [9.17, 15) is 0 Å². The van der Waals surface area contributed by atoms with Crippen molar-refractivity contribution in [3.8, 4) is 0 Å². The van der Waals surface area contributed by atoms with Gasteiger partial charge in [0.1, 0.15) is 17.2 Å². The fourth-order valence-corrected chi connectivity index (χ4v) is 2.22. The Morgan fingerprint density at radius 2 is 2.07 bits per heavy atom. The molecule has 0 radical (unpaired) electrons. The van der Waals surface area contributed by atoms with Gasteiger partial charge >= 0.3 is 0 Å². The van der Waals surface area contributed by atoms with Crippen molar-refractivity contribution in [2.45, 2.75) is 38.6 Å². The largest absolute Gasteiger partial charge is 0.370 e. The second-order valence-electron chi connectivity index (χ2n) is 3.22. The van der Waals surface area contributed by atoms with E-state index < -0.39 is 0 Å². The lowest BCUT2D eigenvalue weighted by Crippen LogP contribution is -2.06. The van der Waals surface area contributed by atoms with Crippen LogP contribution in [0.4, 0.5) is 5.82 Å². The minimum atomic E-state index is 0.907. The predicted molar refractivity (Wildman–Crippen MR) is 66.6 cm³/mol. The van der Waals surface area contributed by atoms with Gasteiger partial charge in [-0.25, -0.2) is 9.97 Å². The molecule has 0 fully saturated rings. The van der Waals surface area contributed by atoms with Crippen LogP contribution in [0.1, 0.15) is 32.8 Å². The number of rotatable bonds is 6. The van der Waals surface area contributed by atoms with E-state index in [1.807, 2.05) is 0 Å². The van der Waals surface area contributed by atoms with Crippen molar-refractivity contribution in [3.63, 3.8) is 0 Å². The Bertz CT molecular complexity index is 278. The van der Waals surface area contributed by atoms with Gasteiger partial charge in [-0.3, -0.25) is 0 Å². The fraction of sp³-hybridized carbons (Fsp3) is 0.636. The summed E-state index contributed by atoms with van der Waals surface area (Å²) < 4.78 is 0. The summed E-state index contributed by atoms with van der Waals surface area (Å²) in [6.07, 6.45) is 3.82. The first-order chi connectivity index (χ1) is 7.33. The minimum Gasteiger partial charge on any atom is -0.370 e. The van der Waals surface area contributed by atoms with Crippen molar-refractivity contribution < 1.29 is 0 Å². The van der Waals surface area contributed by atoms with Crippen molar-refractivity contribution in [1.82, 2.24) is 9.97 Å². The highest BCUT2D eigenvalue weighted by molar-refractivity contribution is 7.99. The van der Waals surface area contributed by atoms with Crippen LogP contribution in [0.15, 0.2) is 11.4 Å². The van der Waals surface area contributed by atoms with Crippen molar-refractivity contribution in [2.24, 2.45) is 0 Å². The van der Waals surface area contributed by atoms with E-state index in [1.54, 1.807) is 18.1 Å². The van der Waals surface area contributed by atoms with Gasteiger partial charge in [0.2, 0.25) is 0 Å². The zero-order valence-electron chi connectivity index (χ0n) is 9.71. The number of nitrogens with zero attached hydrogens (tertiary/aromatic N) is 2. The summed E-state index contributed by atoms with van der Waals surface area (Å²) in [7, 11) is 0. The van der Waals surface area contributed by atoms with Crippen LogP contribution in [-0.4, -0.2) is 22.3 Å². The first-order valence-electron chi connectivity index (χ1n) is 5.53. The SMILES string of the molecule is CCCc1c(NCC)ncnc1SCC. The van der Waals surface area contributed by atoms with Crippen molar-refractivity contribution >= 4 is 17.6 Å². The molecule has 1 rings (SSSR count). The standard InChI is InChI=1S/C11H19N3S/c1-4-7-9-10(12-5-2)13-8-14-11(9)15-6-3/h8H,4-7H2,1-3H3,(H,12,13,14). The Hall–Kier alpha value is -0.770. The number of hydrogen-bond acceptors (Lipinski definition) is 4. The Morgan fingerprint density at radius 1 is 1.27 bits per heavy atom. The van der Waals surface area contributed by atoms with E-state index >= 15 is 0 Å². The normalized spacial score (nSPS) is 10.3. The second-order valence-corrected chi connectivity index (χ2v) is 4.47. The fourth-order valence-electron chi connectivity index (χ4n) is 1.45. The molecule has 15 heavy (non-hydrogen) atoms. The Morgan fingerprint density at radius 3 is 2.67 bits per heavy atom. The van der Waals surface area contributed by atoms with E-state index in [1.165, 1.54) is 5.56 Å². The van der Waals surface area contributed by atoms with Crippen molar-refractivity contribution in [1.29, 1.82) is 0 Å². The van der Waals surface area contributed by atoms with Gasteiger partial charge in [0.15, 0.2) is 0 Å². The van der Waals surface area contributed by atoms with E-state index in [4.69, 9.17) is 0 Å². The third kappa shape index (κ3) is 3.38. The van der Waals surface area contributed by atoms with Crippen molar-refractivity contribution in [3.05, 3.63) is 11.9 Å². The van der Waals surface area contributed by atoms with Crippen LogP contribution in [0.2, 0.25) is 0 Å². The Labute approximate surface area is 96.1 Å². The molecule has 0 amide bonds. The average Bonchev–Trinajstić information content (AvgIpc) is 2.23. The Kier molecular flexibility index (Phi) is 5.47. The van der Waals surface area contributed by atoms with Gasteiger partial charge < -0.3 is 5.32 Å². The van der Waals surface area contributed by atoms with Gasteiger partial charge in [-0.2, -0.15) is 0 Å². The van der Waals surface area contributed by atoms with Gasteiger partial charge in [0, 0.05) is 12.1 Å². The lowest BCUT2D eigenvalue weighted by Gasteiger charge is -2.11. The molecule has 0 atom stereocenters. The average molecular weight is 225 g/mol. The third-order valence-electron chi connectivity index (χ3n) is 2.03. The molecule has 84 valence electrons. The summed E-state index contributed by atoms with van der Waals surface area (Å²) in [5.41, 5.74) is 1.27. The van der Waals surface area contributed by atoms with E-state index in [-0.39, 0.29) is 0 Å². The molecule has 3 nitrogen and oxygen atoms in total. The number of anilines is 1. The zero-order valence-corrected chi connectivity index (χ0v) is 10.5. The highest BCUT2D eigenvalue weighted by Gasteiger charge is 2.09. The van der Waals surface area contributed by atoms with Crippen LogP contribution in [-0.2, 0) is 6.42 Å². The smallest absolute Gasteiger partial charge is 0.133 e. The molecule has 1 N–H and O–H groups in total. The zero-order chi connectivity index (χ0) is 11.1. The lowest BCUT2D eigenvalue weighted by molar-refractivity contribution is 0.855. The molecular formula is C11H19N3S. The summed E-state index contributed by atoms with van der Waals surface area (Å²) >= 11 is 1.79. The first kappa shape index (κ1) is 12.3. The maximum absolute atomic E-state index is 4.34. The van der Waals surface area contributed by atoms with Crippen LogP contribution in [0.3, 0.4) is 0 Å². The van der Waals surface area contributed by atoms with Gasteiger partial charge in [0.25, 0.3) is 0 Å². The summed E-state index contributed by atoms with van der Waals surface area (Å²) in [5, 5.41) is 4.43. The molecule has 4 heteroatoms. The minimum absolute atomic E-state index is 0.907. The lowest BCUT2D eigenvalue weighted by atomic mass is 10.2. The number of thioether (sulfide) groups is 1. The van der Waals surface area contributed by atoms with Crippen LogP contribution in [0.5, 0.6) is 0 Å². The highest BCUT2D eigenvalue weighted by Crippen LogP contribution is 2.25. The number of hydrogen-bond donors (Lipinski definition) is 1. The topological polar surface area (TPSA) is 37.8 Å². The molecule has 0 spiro atoms. The molecule has 0 saturated carbocycles.